The lowest BCUT2D eigenvalue weighted by atomic mass is 10.1. The van der Waals surface area contributed by atoms with Gasteiger partial charge in [0.2, 0.25) is 0 Å². The van der Waals surface area contributed by atoms with Gasteiger partial charge in [-0.15, -0.1) is 0 Å². The molecule has 1 aromatic heterocycles. The van der Waals surface area contributed by atoms with Gasteiger partial charge in [-0.2, -0.15) is 0 Å². The van der Waals surface area contributed by atoms with Crippen LogP contribution in [0.1, 0.15) is 27.8 Å². The van der Waals surface area contributed by atoms with Gasteiger partial charge >= 0.3 is 0 Å². The van der Waals surface area contributed by atoms with Crippen LogP contribution in [0.3, 0.4) is 0 Å². The fourth-order valence-electron chi connectivity index (χ4n) is 3.17. The highest BCUT2D eigenvalue weighted by molar-refractivity contribution is 5.93. The number of para-hydroxylation sites is 1. The van der Waals surface area contributed by atoms with Crippen LogP contribution in [0.2, 0.25) is 0 Å². The van der Waals surface area contributed by atoms with Crippen molar-refractivity contribution >= 4 is 5.91 Å². The van der Waals surface area contributed by atoms with Crippen molar-refractivity contribution in [2.75, 3.05) is 19.7 Å². The van der Waals surface area contributed by atoms with Crippen molar-refractivity contribution in [1.29, 1.82) is 0 Å². The Balaban J connectivity index is 1.44. The van der Waals surface area contributed by atoms with Gasteiger partial charge in [-0.3, -0.25) is 4.79 Å². The molecule has 1 atom stereocenters. The third kappa shape index (κ3) is 4.07. The zero-order valence-corrected chi connectivity index (χ0v) is 15.2. The zero-order valence-electron chi connectivity index (χ0n) is 15.2. The molecule has 0 N–H and O–H groups in total. The van der Waals surface area contributed by atoms with Crippen LogP contribution in [-0.4, -0.2) is 30.5 Å². The molecule has 0 aliphatic carbocycles. The number of carbonyl (C=O) groups is 1. The van der Waals surface area contributed by atoms with Gasteiger partial charge in [-0.25, -0.2) is 4.39 Å². The second-order valence-electron chi connectivity index (χ2n) is 6.54. The van der Waals surface area contributed by atoms with E-state index in [1.54, 1.807) is 23.1 Å². The fourth-order valence-corrected chi connectivity index (χ4v) is 3.17. The molecule has 144 valence electrons. The molecular formula is C22H20FNO4. The number of ether oxygens (including phenoxy) is 2. The summed E-state index contributed by atoms with van der Waals surface area (Å²) in [6, 6.07) is 17.3. The Morgan fingerprint density at radius 2 is 1.89 bits per heavy atom. The van der Waals surface area contributed by atoms with Crippen LogP contribution in [0.5, 0.6) is 5.75 Å². The number of carbonyl (C=O) groups excluding carboxylic acids is 1. The molecule has 0 spiro atoms. The van der Waals surface area contributed by atoms with Crippen LogP contribution in [-0.2, 0) is 11.3 Å². The van der Waals surface area contributed by atoms with Gasteiger partial charge in [-0.1, -0.05) is 30.3 Å². The molecule has 28 heavy (non-hydrogen) atoms. The first kappa shape index (κ1) is 18.3. The summed E-state index contributed by atoms with van der Waals surface area (Å²) < 4.78 is 30.1. The average molecular weight is 381 g/mol. The van der Waals surface area contributed by atoms with Gasteiger partial charge in [0.05, 0.1) is 19.4 Å². The highest BCUT2D eigenvalue weighted by Crippen LogP contribution is 2.25. The second kappa shape index (κ2) is 8.27. The Morgan fingerprint density at radius 3 is 2.68 bits per heavy atom. The monoisotopic (exact) mass is 381 g/mol. The molecule has 1 amide bonds. The van der Waals surface area contributed by atoms with Gasteiger partial charge in [-0.05, 0) is 35.9 Å². The van der Waals surface area contributed by atoms with Crippen molar-refractivity contribution in [3.63, 3.8) is 0 Å². The van der Waals surface area contributed by atoms with Crippen LogP contribution in [0.4, 0.5) is 4.39 Å². The number of furan rings is 1. The highest BCUT2D eigenvalue weighted by atomic mass is 19.1. The summed E-state index contributed by atoms with van der Waals surface area (Å²) in [5, 5.41) is 0. The maximum atomic E-state index is 13.2. The molecular weight excluding hydrogens is 361 g/mol. The Bertz CT molecular complexity index is 923. The van der Waals surface area contributed by atoms with E-state index in [9.17, 15) is 9.18 Å². The van der Waals surface area contributed by atoms with E-state index < -0.39 is 0 Å². The van der Waals surface area contributed by atoms with Crippen molar-refractivity contribution in [3.8, 4) is 5.75 Å². The van der Waals surface area contributed by atoms with E-state index in [1.807, 2.05) is 30.3 Å². The molecule has 6 heteroatoms. The van der Waals surface area contributed by atoms with Crippen LogP contribution in [0.25, 0.3) is 0 Å². The van der Waals surface area contributed by atoms with Gasteiger partial charge in [0, 0.05) is 12.1 Å². The van der Waals surface area contributed by atoms with Crippen molar-refractivity contribution in [1.82, 2.24) is 4.90 Å². The average Bonchev–Trinajstić information content (AvgIpc) is 3.22. The summed E-state index contributed by atoms with van der Waals surface area (Å²) >= 11 is 0. The standard InChI is InChI=1S/C22H20FNO4/c23-18-8-6-16(7-9-18)20-14-24(11-13-26-20)22(25)21-17(10-12-27-21)15-28-19-4-2-1-3-5-19/h1-10,12,20H,11,13-15H2. The van der Waals surface area contributed by atoms with Crippen molar-refractivity contribution in [2.45, 2.75) is 12.7 Å². The topological polar surface area (TPSA) is 51.9 Å². The predicted octanol–water partition coefficient (Wildman–Crippen LogP) is 4.21. The Morgan fingerprint density at radius 1 is 1.11 bits per heavy atom. The molecule has 1 saturated heterocycles. The molecule has 0 saturated carbocycles. The number of halogens is 1. The Labute approximate surface area is 162 Å². The number of amides is 1. The third-order valence-corrected chi connectivity index (χ3v) is 4.67. The lowest BCUT2D eigenvalue weighted by Gasteiger charge is -2.32. The van der Waals surface area contributed by atoms with Gasteiger partial charge in [0.15, 0.2) is 5.76 Å². The van der Waals surface area contributed by atoms with Crippen LogP contribution in [0, 0.1) is 5.82 Å². The molecule has 1 fully saturated rings. The number of hydrogen-bond acceptors (Lipinski definition) is 4. The summed E-state index contributed by atoms with van der Waals surface area (Å²) in [4.78, 5) is 14.7. The third-order valence-electron chi connectivity index (χ3n) is 4.67. The molecule has 1 unspecified atom stereocenters. The summed E-state index contributed by atoms with van der Waals surface area (Å²) in [6.45, 7) is 1.50. The van der Waals surface area contributed by atoms with E-state index in [2.05, 4.69) is 0 Å². The minimum atomic E-state index is -0.300. The highest BCUT2D eigenvalue weighted by Gasteiger charge is 2.29. The van der Waals surface area contributed by atoms with Crippen LogP contribution in [0.15, 0.2) is 71.3 Å². The maximum absolute atomic E-state index is 13.2. The smallest absolute Gasteiger partial charge is 0.290 e. The van der Waals surface area contributed by atoms with Crippen LogP contribution < -0.4 is 4.74 Å². The summed E-state index contributed by atoms with van der Waals surface area (Å²) in [6.07, 6.45) is 1.20. The lowest BCUT2D eigenvalue weighted by molar-refractivity contribution is -0.0238. The summed E-state index contributed by atoms with van der Waals surface area (Å²) in [7, 11) is 0. The molecule has 0 bridgehead atoms. The number of hydrogen-bond donors (Lipinski definition) is 0. The lowest BCUT2D eigenvalue weighted by Crippen LogP contribution is -2.42. The van der Waals surface area contributed by atoms with E-state index in [4.69, 9.17) is 13.9 Å². The second-order valence-corrected chi connectivity index (χ2v) is 6.54. The number of rotatable bonds is 5. The Hall–Kier alpha value is -3.12. The molecule has 5 nitrogen and oxygen atoms in total. The van der Waals surface area contributed by atoms with Gasteiger partial charge in [0.25, 0.3) is 5.91 Å². The van der Waals surface area contributed by atoms with E-state index in [0.717, 1.165) is 11.3 Å². The van der Waals surface area contributed by atoms with E-state index in [1.165, 1.54) is 18.4 Å². The van der Waals surface area contributed by atoms with E-state index in [0.29, 0.717) is 25.3 Å². The van der Waals surface area contributed by atoms with Crippen LogP contribution >= 0.6 is 0 Å². The van der Waals surface area contributed by atoms with E-state index in [-0.39, 0.29) is 30.2 Å². The Kier molecular flexibility index (Phi) is 5.39. The SMILES string of the molecule is O=C(c1occc1COc1ccccc1)N1CCOC(c2ccc(F)cc2)C1. The first-order chi connectivity index (χ1) is 13.7. The number of nitrogens with zero attached hydrogens (tertiary/aromatic N) is 1. The molecule has 3 aromatic rings. The molecule has 2 heterocycles. The number of morpholine rings is 1. The van der Waals surface area contributed by atoms with Crippen molar-refractivity contribution < 1.29 is 23.1 Å². The first-order valence-corrected chi connectivity index (χ1v) is 9.11. The minimum absolute atomic E-state index is 0.202. The van der Waals surface area contributed by atoms with E-state index >= 15 is 0 Å². The van der Waals surface area contributed by atoms with Gasteiger partial charge in [0.1, 0.15) is 24.3 Å². The molecule has 0 radical (unpaired) electrons. The quantitative estimate of drug-likeness (QED) is 0.664. The van der Waals surface area contributed by atoms with Crippen molar-refractivity contribution in [2.24, 2.45) is 0 Å². The first-order valence-electron chi connectivity index (χ1n) is 9.11. The maximum Gasteiger partial charge on any atom is 0.290 e. The van der Waals surface area contributed by atoms with Gasteiger partial charge < -0.3 is 18.8 Å². The zero-order chi connectivity index (χ0) is 19.3. The molecule has 4 rings (SSSR count). The summed E-state index contributed by atoms with van der Waals surface area (Å²) in [5.41, 5.74) is 1.53. The minimum Gasteiger partial charge on any atom is -0.489 e. The molecule has 1 aliphatic rings. The largest absolute Gasteiger partial charge is 0.489 e. The molecule has 2 aromatic carbocycles. The normalized spacial score (nSPS) is 16.8. The number of benzene rings is 2. The summed E-state index contributed by atoms with van der Waals surface area (Å²) in [5.74, 6) is 0.499. The molecule has 1 aliphatic heterocycles. The predicted molar refractivity (Wildman–Crippen MR) is 100 cm³/mol. The fraction of sp³-hybridized carbons (Fsp3) is 0.227. The van der Waals surface area contributed by atoms with Crippen molar-refractivity contribution in [3.05, 3.63) is 89.6 Å².